The highest BCUT2D eigenvalue weighted by Gasteiger charge is 2.82. The summed E-state index contributed by atoms with van der Waals surface area (Å²) >= 11 is 0. The normalized spacial score (nSPS) is 26.6. The number of hydrogen-bond acceptors (Lipinski definition) is 14. The Hall–Kier alpha value is -5.73. The van der Waals surface area contributed by atoms with Crippen LogP contribution in [0.4, 0.5) is 17.1 Å². The Morgan fingerprint density at radius 3 is 2.43 bits per heavy atom. The molecular weight excluding hydrogens is 785 g/mol. The number of nitrogens with two attached hydrogens (primary N) is 1. The fourth-order valence-corrected chi connectivity index (χ4v) is 14.9. The van der Waals surface area contributed by atoms with Crippen LogP contribution >= 0.6 is 31.4 Å². The number of benzene rings is 4. The number of aromatic nitrogens is 2. The Morgan fingerprint density at radius 2 is 1.68 bits per heavy atom. The van der Waals surface area contributed by atoms with E-state index in [4.69, 9.17) is 10.2 Å². The van der Waals surface area contributed by atoms with E-state index in [2.05, 4.69) is 9.97 Å². The second-order valence-electron chi connectivity index (χ2n) is 13.8. The van der Waals surface area contributed by atoms with Gasteiger partial charge in [-0.25, -0.2) is 14.6 Å². The van der Waals surface area contributed by atoms with Gasteiger partial charge in [-0.1, -0.05) is 36.4 Å². The van der Waals surface area contributed by atoms with E-state index in [1.54, 1.807) is 35.4 Å². The summed E-state index contributed by atoms with van der Waals surface area (Å²) in [5, 5.41) is 45.9. The summed E-state index contributed by atoms with van der Waals surface area (Å²) in [5.41, 5.74) is 2.94. The summed E-state index contributed by atoms with van der Waals surface area (Å²) in [6.07, 6.45) is -1.29. The maximum absolute atomic E-state index is 15.3. The Labute approximate surface area is 325 Å². The molecular formula is C37H26N6O10S3. The van der Waals surface area contributed by atoms with Crippen molar-refractivity contribution in [1.29, 1.82) is 0 Å². The predicted molar refractivity (Wildman–Crippen MR) is 208 cm³/mol. The molecule has 7 N–H and O–H groups in total. The van der Waals surface area contributed by atoms with Crippen molar-refractivity contribution in [2.45, 2.75) is 27.4 Å². The Bertz CT molecular complexity index is 2830. The van der Waals surface area contributed by atoms with Crippen molar-refractivity contribution in [3.05, 3.63) is 105 Å². The lowest BCUT2D eigenvalue weighted by Crippen LogP contribution is -2.75. The number of aliphatic hydroxyl groups excluding tert-OH is 2. The van der Waals surface area contributed by atoms with Gasteiger partial charge in [0, 0.05) is 35.9 Å². The van der Waals surface area contributed by atoms with E-state index in [0.29, 0.717) is 27.7 Å². The van der Waals surface area contributed by atoms with Crippen LogP contribution in [-0.4, -0.2) is 99.6 Å². The molecule has 2 amide bonds. The molecule has 4 fully saturated rings. The average molecular weight is 811 g/mol. The molecule has 6 aliphatic heterocycles. The number of amides is 2. The lowest BCUT2D eigenvalue weighted by molar-refractivity contribution is -0.168. The van der Waals surface area contributed by atoms with E-state index >= 15 is 4.79 Å². The summed E-state index contributed by atoms with van der Waals surface area (Å²) in [4.78, 5) is 76.7. The summed E-state index contributed by atoms with van der Waals surface area (Å²) in [6, 6.07) is 18.1. The van der Waals surface area contributed by atoms with Crippen LogP contribution in [0.15, 0.2) is 82.1 Å². The summed E-state index contributed by atoms with van der Waals surface area (Å²) in [6.45, 7) is -0.760. The number of para-hydroxylation sites is 2. The molecule has 11 rings (SSSR count). The van der Waals surface area contributed by atoms with Crippen LogP contribution in [0.25, 0.3) is 33.5 Å². The molecule has 16 nitrogen and oxygen atoms in total. The third-order valence-electron chi connectivity index (χ3n) is 11.5. The number of nitrogens with one attached hydrogen (secondary N) is 1. The van der Waals surface area contributed by atoms with Gasteiger partial charge in [-0.3, -0.25) is 19.3 Å². The summed E-state index contributed by atoms with van der Waals surface area (Å²) in [5.74, 6) is -4.65. The monoisotopic (exact) mass is 810 g/mol. The molecule has 7 aliphatic rings. The fourth-order valence-electron chi connectivity index (χ4n) is 9.04. The molecule has 5 atom stereocenters. The Morgan fingerprint density at radius 1 is 0.946 bits per heavy atom. The third-order valence-corrected chi connectivity index (χ3v) is 16.5. The molecule has 5 unspecified atom stereocenters. The van der Waals surface area contributed by atoms with Crippen molar-refractivity contribution in [3.8, 4) is 11.5 Å². The minimum absolute atomic E-state index is 0.0437. The molecule has 282 valence electrons. The number of likely N-dealkylation sites (N-methyl/N-ethyl adjacent to an activating group) is 1. The molecule has 2 bridgehead atoms. The molecule has 19 heteroatoms. The number of nitrogen functional groups attached to an aromatic ring is 1. The van der Waals surface area contributed by atoms with Gasteiger partial charge in [0.2, 0.25) is 15.2 Å². The zero-order valence-electron chi connectivity index (χ0n) is 28.6. The van der Waals surface area contributed by atoms with Crippen molar-refractivity contribution < 1.29 is 44.0 Å². The van der Waals surface area contributed by atoms with Gasteiger partial charge in [-0.2, -0.15) is 0 Å². The number of fused-ring (bicyclic) bond motifs is 9. The molecule has 0 saturated carbocycles. The highest BCUT2D eigenvalue weighted by Crippen LogP contribution is 2.72. The number of carbonyl (C=O) groups excluding carboxylic acids is 2. The molecule has 0 radical (unpaired) electrons. The van der Waals surface area contributed by atoms with E-state index in [0.717, 1.165) is 37.5 Å². The fraction of sp³-hybridized carbons (Fsp3) is 0.189. The van der Waals surface area contributed by atoms with Crippen LogP contribution in [0.5, 0.6) is 0 Å². The number of anilines is 3. The van der Waals surface area contributed by atoms with Crippen LogP contribution in [0.1, 0.15) is 31.8 Å². The Kier molecular flexibility index (Phi) is 7.08. The number of carboxylic acid groups (broad SMARTS) is 2. The minimum atomic E-state index is -1.98. The molecule has 4 saturated heterocycles. The van der Waals surface area contributed by atoms with E-state index in [1.807, 2.05) is 24.3 Å². The van der Waals surface area contributed by atoms with Gasteiger partial charge in [0.25, 0.3) is 11.8 Å². The highest BCUT2D eigenvalue weighted by molar-refractivity contribution is 9.10. The van der Waals surface area contributed by atoms with Gasteiger partial charge in [0.15, 0.2) is 11.3 Å². The number of nitrogens with zero attached hydrogens (tertiary/aromatic N) is 4. The number of carboxylic acids is 2. The molecule has 56 heavy (non-hydrogen) atoms. The van der Waals surface area contributed by atoms with Crippen molar-refractivity contribution in [3.63, 3.8) is 0 Å². The Balaban J connectivity index is 1.35. The van der Waals surface area contributed by atoms with Gasteiger partial charge in [0.1, 0.15) is 34.6 Å². The molecule has 4 aromatic rings. The number of carbonyl (C=O) groups is 4. The lowest BCUT2D eigenvalue weighted by Gasteiger charge is -2.51. The number of hydrogen-bond donors (Lipinski definition) is 6. The van der Waals surface area contributed by atoms with Crippen LogP contribution in [0.3, 0.4) is 0 Å². The zero-order valence-corrected chi connectivity index (χ0v) is 31.1. The first-order valence-electron chi connectivity index (χ1n) is 16.9. The van der Waals surface area contributed by atoms with Crippen molar-refractivity contribution >= 4 is 94.2 Å². The predicted octanol–water partition coefficient (Wildman–Crippen LogP) is 3.62. The second kappa shape index (κ2) is 11.4. The molecule has 1 spiro atoms. The van der Waals surface area contributed by atoms with Gasteiger partial charge in [-0.05, 0) is 66.8 Å². The van der Waals surface area contributed by atoms with Gasteiger partial charge < -0.3 is 45.4 Å². The number of aromatic amines is 1. The lowest BCUT2D eigenvalue weighted by atomic mass is 9.70. The average Bonchev–Trinajstić information content (AvgIpc) is 3.75. The van der Waals surface area contributed by atoms with E-state index in [-0.39, 0.29) is 28.2 Å². The molecule has 7 heterocycles. The van der Waals surface area contributed by atoms with Crippen LogP contribution in [0.2, 0.25) is 0 Å². The van der Waals surface area contributed by atoms with Crippen molar-refractivity contribution in [2.24, 2.45) is 0 Å². The van der Waals surface area contributed by atoms with E-state index < -0.39 is 80.0 Å². The van der Waals surface area contributed by atoms with Gasteiger partial charge in [0.05, 0.1) is 23.4 Å². The summed E-state index contributed by atoms with van der Waals surface area (Å²) in [7, 11) is 4.49. The zero-order chi connectivity index (χ0) is 39.2. The molecule has 1 aromatic heterocycles. The quantitative estimate of drug-likeness (QED) is 0.0827. The van der Waals surface area contributed by atoms with Crippen molar-refractivity contribution in [1.82, 2.24) is 19.8 Å². The number of piperazine rings is 1. The largest absolute Gasteiger partial charge is 0.478 e. The van der Waals surface area contributed by atoms with Gasteiger partial charge in [-0.15, -0.1) is 0 Å². The first-order chi connectivity index (χ1) is 26.9. The third kappa shape index (κ3) is 3.85. The number of aromatic carboxylic acids is 2. The van der Waals surface area contributed by atoms with Gasteiger partial charge >= 0.3 is 11.9 Å². The molecule has 1 aliphatic carbocycles. The number of aliphatic hydroxyl groups is 2. The second-order valence-corrected chi connectivity index (χ2v) is 18.2. The van der Waals surface area contributed by atoms with Crippen molar-refractivity contribution in [2.75, 3.05) is 24.3 Å². The topological polar surface area (TPSA) is 244 Å². The van der Waals surface area contributed by atoms with E-state index in [9.17, 15) is 39.6 Å². The highest BCUT2D eigenvalue weighted by atomic mass is 33.5. The maximum atomic E-state index is 15.3. The smallest absolute Gasteiger partial charge is 0.340 e. The number of H-pyrrole nitrogens is 1. The first-order valence-corrected chi connectivity index (χ1v) is 20.4. The van der Waals surface area contributed by atoms with Crippen LogP contribution in [-0.2, 0) is 15.0 Å². The minimum Gasteiger partial charge on any atom is -0.478 e. The van der Waals surface area contributed by atoms with Crippen LogP contribution < -0.4 is 16.1 Å². The SMILES string of the molecule is CN1C(=O)C23SSSC1(CO)C(=O)N2C1N(c2ccc4oc5cc(=O)c(N)c(C(=O)O)c-5nc4c2C(=O)O)c2ccccc2C1(c1c[nH]c2ccccc12)C3O. The summed E-state index contributed by atoms with van der Waals surface area (Å²) < 4.78 is 5.94. The van der Waals surface area contributed by atoms with E-state index in [1.165, 1.54) is 29.0 Å². The maximum Gasteiger partial charge on any atom is 0.340 e. The molecule has 3 aromatic carbocycles. The first kappa shape index (κ1) is 34.7. The standard InChI is InChI=1S/C37H26N6O10S3/c1-41-34(52)37-31(50)36(17-13-39-18-8-4-2-6-15(17)18)16-7-3-5-9-19(16)42(32(36)43(37)33(51)35(41,14-44)54-56-55-37)20-10-11-22-27(24(20)29(46)47)40-28-23(53-22)12-21(45)26(38)25(28)30(48)49/h2-13,31-32,39,44,50H,14,38H2,1H3,(H,46,47)(H,48,49). The number of rotatable bonds is 5. The van der Waals surface area contributed by atoms with Crippen LogP contribution in [0, 0.1) is 0 Å².